The Kier molecular flexibility index (Phi) is 3.60. The van der Waals surface area contributed by atoms with E-state index in [1.54, 1.807) is 0 Å². The molecule has 0 saturated carbocycles. The highest BCUT2D eigenvalue weighted by Crippen LogP contribution is 2.43. The summed E-state index contributed by atoms with van der Waals surface area (Å²) in [6.07, 6.45) is 1.11. The van der Waals surface area contributed by atoms with Gasteiger partial charge in [0.25, 0.3) is 0 Å². The Bertz CT molecular complexity index is 587. The lowest BCUT2D eigenvalue weighted by Gasteiger charge is -2.36. The fourth-order valence-electron chi connectivity index (χ4n) is 3.13. The predicted molar refractivity (Wildman–Crippen MR) is 83.5 cm³/mol. The van der Waals surface area contributed by atoms with E-state index < -0.39 is 0 Å². The second-order valence-electron chi connectivity index (χ2n) is 5.98. The summed E-state index contributed by atoms with van der Waals surface area (Å²) in [5.74, 6) is 6.87. The third-order valence-electron chi connectivity index (χ3n) is 4.44. The van der Waals surface area contributed by atoms with E-state index >= 15 is 0 Å². The van der Waals surface area contributed by atoms with Crippen LogP contribution in [0.3, 0.4) is 0 Å². The van der Waals surface area contributed by atoms with E-state index in [-0.39, 0.29) is 6.04 Å². The molecule has 0 amide bonds. The molecule has 0 spiro atoms. The Hall–Kier alpha value is -1.64. The van der Waals surface area contributed by atoms with Crippen LogP contribution in [-0.2, 0) is 6.42 Å². The van der Waals surface area contributed by atoms with Crippen LogP contribution in [0.1, 0.15) is 54.0 Å². The molecule has 20 heavy (non-hydrogen) atoms. The molecule has 2 aromatic carbocycles. The minimum atomic E-state index is 0.200. The maximum absolute atomic E-state index is 5.82. The van der Waals surface area contributed by atoms with Gasteiger partial charge in [0.05, 0.1) is 6.04 Å². The van der Waals surface area contributed by atoms with Crippen molar-refractivity contribution in [3.8, 4) is 0 Å². The quantitative estimate of drug-likeness (QED) is 0.655. The molecule has 2 atom stereocenters. The first-order valence-corrected chi connectivity index (χ1v) is 7.34. The van der Waals surface area contributed by atoms with Crippen LogP contribution in [0, 0.1) is 0 Å². The van der Waals surface area contributed by atoms with Crippen molar-refractivity contribution in [3.63, 3.8) is 0 Å². The Morgan fingerprint density at radius 3 is 2.25 bits per heavy atom. The second kappa shape index (κ2) is 5.39. The highest BCUT2D eigenvalue weighted by Gasteiger charge is 2.32. The molecule has 2 nitrogen and oxygen atoms in total. The Balaban J connectivity index is 1.85. The summed E-state index contributed by atoms with van der Waals surface area (Å²) in [6.45, 7) is 4.44. The third-order valence-corrected chi connectivity index (χ3v) is 4.44. The zero-order valence-corrected chi connectivity index (χ0v) is 12.1. The molecule has 1 aliphatic rings. The van der Waals surface area contributed by atoms with Crippen LogP contribution in [-0.4, -0.2) is 0 Å². The summed E-state index contributed by atoms with van der Waals surface area (Å²) in [6, 6.07) is 17.7. The highest BCUT2D eigenvalue weighted by molar-refractivity contribution is 5.43. The first-order chi connectivity index (χ1) is 9.70. The van der Waals surface area contributed by atoms with Crippen LogP contribution < -0.4 is 11.3 Å². The molecule has 2 unspecified atom stereocenters. The van der Waals surface area contributed by atoms with Gasteiger partial charge in [0, 0.05) is 5.92 Å². The van der Waals surface area contributed by atoms with Crippen molar-refractivity contribution >= 4 is 0 Å². The van der Waals surface area contributed by atoms with Crippen molar-refractivity contribution < 1.29 is 0 Å². The summed E-state index contributed by atoms with van der Waals surface area (Å²) in [4.78, 5) is 0. The fourth-order valence-corrected chi connectivity index (χ4v) is 3.13. The molecule has 0 fully saturated rings. The molecule has 0 heterocycles. The van der Waals surface area contributed by atoms with Crippen LogP contribution in [0.4, 0.5) is 0 Å². The Labute approximate surface area is 121 Å². The summed E-state index contributed by atoms with van der Waals surface area (Å²) in [7, 11) is 0. The fraction of sp³-hybridized carbons (Fsp3) is 0.333. The van der Waals surface area contributed by atoms with Gasteiger partial charge in [0.2, 0.25) is 0 Å². The lowest BCUT2D eigenvalue weighted by molar-refractivity contribution is 0.419. The average molecular weight is 266 g/mol. The van der Waals surface area contributed by atoms with Gasteiger partial charge in [0.15, 0.2) is 0 Å². The van der Waals surface area contributed by atoms with Crippen LogP contribution in [0.2, 0.25) is 0 Å². The van der Waals surface area contributed by atoms with Gasteiger partial charge in [0.1, 0.15) is 0 Å². The molecule has 0 saturated heterocycles. The number of fused-ring (bicyclic) bond motifs is 1. The summed E-state index contributed by atoms with van der Waals surface area (Å²) >= 11 is 0. The molecule has 0 radical (unpaired) electrons. The molecule has 1 aliphatic carbocycles. The van der Waals surface area contributed by atoms with Crippen molar-refractivity contribution in [3.05, 3.63) is 70.8 Å². The van der Waals surface area contributed by atoms with Crippen molar-refractivity contribution in [1.82, 2.24) is 5.43 Å². The van der Waals surface area contributed by atoms with Gasteiger partial charge in [-0.2, -0.15) is 0 Å². The topological polar surface area (TPSA) is 38.0 Å². The number of nitrogens with one attached hydrogen (secondary N) is 1. The average Bonchev–Trinajstić information content (AvgIpc) is 2.45. The van der Waals surface area contributed by atoms with E-state index in [2.05, 4.69) is 67.8 Å². The molecule has 0 aromatic heterocycles. The first-order valence-electron chi connectivity index (χ1n) is 7.34. The summed E-state index contributed by atoms with van der Waals surface area (Å²) < 4.78 is 0. The number of hydrogen-bond acceptors (Lipinski definition) is 2. The standard InChI is InChI=1S/C18H22N2/c1-12(2)13-7-9-14(10-8-13)18(20-19)17-11-15-5-3-4-6-16(15)17/h3-10,12,17-18,20H,11,19H2,1-2H3. The zero-order chi connectivity index (χ0) is 14.1. The molecule has 104 valence electrons. The maximum atomic E-state index is 5.82. The monoisotopic (exact) mass is 266 g/mol. The number of hydrazine groups is 1. The molecule has 2 heteroatoms. The Morgan fingerprint density at radius 2 is 1.65 bits per heavy atom. The van der Waals surface area contributed by atoms with Gasteiger partial charge in [-0.3, -0.25) is 11.3 Å². The van der Waals surface area contributed by atoms with Crippen molar-refractivity contribution in [2.24, 2.45) is 5.84 Å². The molecule has 3 N–H and O–H groups in total. The summed E-state index contributed by atoms with van der Waals surface area (Å²) in [5, 5.41) is 0. The first kappa shape index (κ1) is 13.3. The van der Waals surface area contributed by atoms with Gasteiger partial charge in [-0.1, -0.05) is 62.4 Å². The van der Waals surface area contributed by atoms with Gasteiger partial charge in [-0.25, -0.2) is 0 Å². The SMILES string of the molecule is CC(C)c1ccc(C(NN)C2Cc3ccccc32)cc1. The maximum Gasteiger partial charge on any atom is 0.0531 e. The van der Waals surface area contributed by atoms with Gasteiger partial charge in [-0.05, 0) is 34.6 Å². The normalized spacial score (nSPS) is 18.5. The van der Waals surface area contributed by atoms with Crippen LogP contribution in [0.5, 0.6) is 0 Å². The van der Waals surface area contributed by atoms with E-state index in [1.807, 2.05) is 0 Å². The molecular formula is C18H22N2. The van der Waals surface area contributed by atoms with Crippen molar-refractivity contribution in [1.29, 1.82) is 0 Å². The van der Waals surface area contributed by atoms with Gasteiger partial charge >= 0.3 is 0 Å². The minimum absolute atomic E-state index is 0.200. The second-order valence-corrected chi connectivity index (χ2v) is 5.98. The van der Waals surface area contributed by atoms with Crippen LogP contribution in [0.15, 0.2) is 48.5 Å². The molecule has 0 bridgehead atoms. The van der Waals surface area contributed by atoms with Crippen molar-refractivity contribution in [2.45, 2.75) is 38.1 Å². The smallest absolute Gasteiger partial charge is 0.0531 e. The van der Waals surface area contributed by atoms with Gasteiger partial charge < -0.3 is 0 Å². The number of hydrogen-bond donors (Lipinski definition) is 2. The van der Waals surface area contributed by atoms with Crippen molar-refractivity contribution in [2.75, 3.05) is 0 Å². The van der Waals surface area contributed by atoms with Crippen LogP contribution in [0.25, 0.3) is 0 Å². The largest absolute Gasteiger partial charge is 0.271 e. The van der Waals surface area contributed by atoms with E-state index in [9.17, 15) is 0 Å². The number of nitrogens with two attached hydrogens (primary N) is 1. The molecule has 0 aliphatic heterocycles. The van der Waals surface area contributed by atoms with E-state index in [0.717, 1.165) is 6.42 Å². The molecule has 3 rings (SSSR count). The van der Waals surface area contributed by atoms with Crippen LogP contribution >= 0.6 is 0 Å². The van der Waals surface area contributed by atoms with Gasteiger partial charge in [-0.15, -0.1) is 0 Å². The number of rotatable bonds is 4. The number of benzene rings is 2. The predicted octanol–water partition coefficient (Wildman–Crippen LogP) is 3.65. The highest BCUT2D eigenvalue weighted by atomic mass is 15.2. The van der Waals surface area contributed by atoms with E-state index in [1.165, 1.54) is 22.3 Å². The minimum Gasteiger partial charge on any atom is -0.271 e. The molecular weight excluding hydrogens is 244 g/mol. The lowest BCUT2D eigenvalue weighted by atomic mass is 9.72. The summed E-state index contributed by atoms with van der Waals surface area (Å²) in [5.41, 5.74) is 8.55. The van der Waals surface area contributed by atoms with E-state index in [0.29, 0.717) is 11.8 Å². The third kappa shape index (κ3) is 2.26. The molecule has 2 aromatic rings. The zero-order valence-electron chi connectivity index (χ0n) is 12.1. The van der Waals surface area contributed by atoms with E-state index in [4.69, 9.17) is 5.84 Å². The Morgan fingerprint density at radius 1 is 1.00 bits per heavy atom. The lowest BCUT2D eigenvalue weighted by Crippen LogP contribution is -2.37.